The maximum Gasteiger partial charge on any atom is 0.160 e. The Morgan fingerprint density at radius 3 is 2.79 bits per heavy atom. The standard InChI is InChI=1S/C24H27ClN2O/c1-17-6-5-8-20(24(17,2)25)23(28)16-18-11-14-27(15-12-18)22-10-13-26-21-9-4-3-7-19(21)22/h3-10,13,17-18H,11-12,14-16H2,1-2H3. The van der Waals surface area contributed by atoms with E-state index in [-0.39, 0.29) is 11.7 Å². The predicted octanol–water partition coefficient (Wildman–Crippen LogP) is 5.54. The van der Waals surface area contributed by atoms with Crippen molar-refractivity contribution in [3.63, 3.8) is 0 Å². The Morgan fingerprint density at radius 2 is 2.00 bits per heavy atom. The molecule has 2 atom stereocenters. The number of carbonyl (C=O) groups excluding carboxylic acids is 1. The van der Waals surface area contributed by atoms with E-state index < -0.39 is 4.87 Å². The molecule has 4 rings (SSSR count). The highest BCUT2D eigenvalue weighted by Gasteiger charge is 2.37. The fourth-order valence-electron chi connectivity index (χ4n) is 4.38. The van der Waals surface area contributed by atoms with Gasteiger partial charge in [0.1, 0.15) is 0 Å². The van der Waals surface area contributed by atoms with Gasteiger partial charge in [0.25, 0.3) is 0 Å². The Balaban J connectivity index is 1.41. The van der Waals surface area contributed by atoms with Gasteiger partial charge in [0.2, 0.25) is 0 Å². The highest BCUT2D eigenvalue weighted by Crippen LogP contribution is 2.39. The number of aromatic nitrogens is 1. The number of para-hydroxylation sites is 1. The van der Waals surface area contributed by atoms with Gasteiger partial charge < -0.3 is 4.90 Å². The molecule has 0 bridgehead atoms. The first-order valence-corrected chi connectivity index (χ1v) is 10.5. The molecule has 3 nitrogen and oxygen atoms in total. The van der Waals surface area contributed by atoms with E-state index in [0.717, 1.165) is 37.0 Å². The molecule has 1 fully saturated rings. The van der Waals surface area contributed by atoms with Crippen LogP contribution < -0.4 is 4.90 Å². The molecule has 0 amide bonds. The number of halogens is 1. The van der Waals surface area contributed by atoms with Crippen LogP contribution in [-0.2, 0) is 4.79 Å². The minimum Gasteiger partial charge on any atom is -0.371 e. The molecule has 4 heteroatoms. The Morgan fingerprint density at radius 1 is 1.25 bits per heavy atom. The second kappa shape index (κ2) is 7.71. The van der Waals surface area contributed by atoms with Crippen molar-refractivity contribution in [2.24, 2.45) is 11.8 Å². The molecule has 1 aliphatic carbocycles. The van der Waals surface area contributed by atoms with Gasteiger partial charge in [-0.3, -0.25) is 9.78 Å². The Labute approximate surface area is 172 Å². The van der Waals surface area contributed by atoms with E-state index in [4.69, 9.17) is 11.6 Å². The lowest BCUT2D eigenvalue weighted by Gasteiger charge is -2.35. The molecule has 0 N–H and O–H groups in total. The van der Waals surface area contributed by atoms with Crippen LogP contribution in [0, 0.1) is 11.8 Å². The zero-order chi connectivity index (χ0) is 19.7. The molecule has 0 spiro atoms. The molecule has 1 saturated heterocycles. The van der Waals surface area contributed by atoms with E-state index in [1.165, 1.54) is 11.1 Å². The summed E-state index contributed by atoms with van der Waals surface area (Å²) in [6.07, 6.45) is 10.5. The van der Waals surface area contributed by atoms with Crippen LogP contribution in [0.3, 0.4) is 0 Å². The zero-order valence-electron chi connectivity index (χ0n) is 16.6. The average molecular weight is 395 g/mol. The fourth-order valence-corrected chi connectivity index (χ4v) is 4.62. The number of rotatable bonds is 4. The number of alkyl halides is 1. The minimum absolute atomic E-state index is 0.167. The van der Waals surface area contributed by atoms with Crippen LogP contribution in [0.4, 0.5) is 5.69 Å². The summed E-state index contributed by atoms with van der Waals surface area (Å²) in [4.78, 5) is 19.2. The lowest BCUT2D eigenvalue weighted by Crippen LogP contribution is -2.37. The minimum atomic E-state index is -0.595. The van der Waals surface area contributed by atoms with Gasteiger partial charge in [0.15, 0.2) is 5.78 Å². The summed E-state index contributed by atoms with van der Waals surface area (Å²) >= 11 is 6.71. The topological polar surface area (TPSA) is 33.2 Å². The quantitative estimate of drug-likeness (QED) is 0.638. The van der Waals surface area contributed by atoms with Crippen molar-refractivity contribution in [2.45, 2.75) is 38.0 Å². The van der Waals surface area contributed by atoms with Crippen molar-refractivity contribution < 1.29 is 4.79 Å². The van der Waals surface area contributed by atoms with Gasteiger partial charge in [0.05, 0.1) is 10.4 Å². The first kappa shape index (κ1) is 19.2. The van der Waals surface area contributed by atoms with Crippen LogP contribution in [0.15, 0.2) is 60.3 Å². The molecule has 2 heterocycles. The number of hydrogen-bond donors (Lipinski definition) is 0. The number of benzene rings is 1. The van der Waals surface area contributed by atoms with E-state index in [9.17, 15) is 4.79 Å². The third kappa shape index (κ3) is 3.60. The van der Waals surface area contributed by atoms with Crippen LogP contribution in [0.2, 0.25) is 0 Å². The number of fused-ring (bicyclic) bond motifs is 1. The van der Waals surface area contributed by atoms with Gasteiger partial charge in [-0.1, -0.05) is 43.4 Å². The highest BCUT2D eigenvalue weighted by atomic mass is 35.5. The predicted molar refractivity (Wildman–Crippen MR) is 117 cm³/mol. The van der Waals surface area contributed by atoms with Gasteiger partial charge in [-0.15, -0.1) is 11.6 Å². The summed E-state index contributed by atoms with van der Waals surface area (Å²) in [5, 5.41) is 1.20. The number of pyridine rings is 1. The third-order valence-electron chi connectivity index (χ3n) is 6.40. The monoisotopic (exact) mass is 394 g/mol. The summed E-state index contributed by atoms with van der Waals surface area (Å²) in [6.45, 7) is 5.98. The van der Waals surface area contributed by atoms with E-state index in [2.05, 4.69) is 47.1 Å². The molecule has 146 valence electrons. The maximum absolute atomic E-state index is 12.9. The van der Waals surface area contributed by atoms with E-state index in [1.807, 2.05) is 31.3 Å². The summed E-state index contributed by atoms with van der Waals surface area (Å²) < 4.78 is 0. The second-order valence-electron chi connectivity index (χ2n) is 8.23. The number of nitrogens with zero attached hydrogens (tertiary/aromatic N) is 2. The number of allylic oxidation sites excluding steroid dienone is 4. The summed E-state index contributed by atoms with van der Waals surface area (Å²) in [5.41, 5.74) is 3.05. The number of ketones is 1. The molecule has 2 aliphatic rings. The molecule has 1 aliphatic heterocycles. The fraction of sp³-hybridized carbons (Fsp3) is 0.417. The van der Waals surface area contributed by atoms with Crippen LogP contribution >= 0.6 is 11.6 Å². The van der Waals surface area contributed by atoms with Crippen molar-refractivity contribution in [1.29, 1.82) is 0 Å². The lowest BCUT2D eigenvalue weighted by molar-refractivity contribution is -0.117. The van der Waals surface area contributed by atoms with E-state index >= 15 is 0 Å². The summed E-state index contributed by atoms with van der Waals surface area (Å²) in [7, 11) is 0. The molecule has 1 aromatic heterocycles. The Bertz CT molecular complexity index is 933. The normalized spacial score (nSPS) is 25.8. The SMILES string of the molecule is CC1C=CC=C(C(=O)CC2CCN(c3ccnc4ccccc34)CC2)C1(C)Cl. The van der Waals surface area contributed by atoms with Gasteiger partial charge in [-0.2, -0.15) is 0 Å². The average Bonchev–Trinajstić information content (AvgIpc) is 2.70. The molecule has 0 radical (unpaired) electrons. The maximum atomic E-state index is 12.9. The van der Waals surface area contributed by atoms with Gasteiger partial charge in [-0.25, -0.2) is 0 Å². The van der Waals surface area contributed by atoms with Crippen molar-refractivity contribution in [1.82, 2.24) is 4.98 Å². The Hall–Kier alpha value is -2.13. The lowest BCUT2D eigenvalue weighted by atomic mass is 9.79. The van der Waals surface area contributed by atoms with Crippen LogP contribution in [0.25, 0.3) is 10.9 Å². The van der Waals surface area contributed by atoms with Gasteiger partial charge in [-0.05, 0) is 43.7 Å². The van der Waals surface area contributed by atoms with E-state index in [1.54, 1.807) is 0 Å². The Kier molecular flexibility index (Phi) is 5.29. The first-order valence-electron chi connectivity index (χ1n) is 10.2. The van der Waals surface area contributed by atoms with Crippen LogP contribution in [0.5, 0.6) is 0 Å². The number of anilines is 1. The number of hydrogen-bond acceptors (Lipinski definition) is 3. The molecular formula is C24H27ClN2O. The molecule has 2 aromatic rings. The molecule has 28 heavy (non-hydrogen) atoms. The molecule has 1 aromatic carbocycles. The molecule has 2 unspecified atom stereocenters. The number of carbonyl (C=O) groups is 1. The molecular weight excluding hydrogens is 368 g/mol. The highest BCUT2D eigenvalue weighted by molar-refractivity contribution is 6.29. The van der Waals surface area contributed by atoms with Crippen molar-refractivity contribution >= 4 is 34.0 Å². The molecule has 0 saturated carbocycles. The van der Waals surface area contributed by atoms with Crippen molar-refractivity contribution in [3.05, 3.63) is 60.3 Å². The first-order chi connectivity index (χ1) is 13.5. The number of Topliss-reactive ketones (excluding diaryl/α,β-unsaturated/α-hetero) is 1. The zero-order valence-corrected chi connectivity index (χ0v) is 17.3. The van der Waals surface area contributed by atoms with Gasteiger partial charge in [0, 0.05) is 42.4 Å². The van der Waals surface area contributed by atoms with Crippen molar-refractivity contribution in [3.8, 4) is 0 Å². The second-order valence-corrected chi connectivity index (χ2v) is 9.02. The number of piperidine rings is 1. The largest absolute Gasteiger partial charge is 0.371 e. The summed E-state index contributed by atoms with van der Waals surface area (Å²) in [6, 6.07) is 10.4. The summed E-state index contributed by atoms with van der Waals surface area (Å²) in [5.74, 6) is 0.799. The van der Waals surface area contributed by atoms with Crippen LogP contribution in [0.1, 0.15) is 33.1 Å². The van der Waals surface area contributed by atoms with Crippen molar-refractivity contribution in [2.75, 3.05) is 18.0 Å². The van der Waals surface area contributed by atoms with Gasteiger partial charge >= 0.3 is 0 Å². The van der Waals surface area contributed by atoms with Crippen LogP contribution in [-0.4, -0.2) is 28.7 Å². The van der Waals surface area contributed by atoms with E-state index in [0.29, 0.717) is 12.3 Å². The smallest absolute Gasteiger partial charge is 0.160 e. The third-order valence-corrected chi connectivity index (χ3v) is 6.95.